The molecule has 0 aliphatic carbocycles. The van der Waals surface area contributed by atoms with Gasteiger partial charge in [0.05, 0.1) is 6.54 Å². The summed E-state index contributed by atoms with van der Waals surface area (Å²) in [5.74, 6) is -1.55. The Bertz CT molecular complexity index is 976. The van der Waals surface area contributed by atoms with Gasteiger partial charge in [-0.15, -0.1) is 0 Å². The fourth-order valence-electron chi connectivity index (χ4n) is 2.21. The number of hydrogen-bond acceptors (Lipinski definition) is 4. The Morgan fingerprint density at radius 3 is 2.50 bits per heavy atom. The van der Waals surface area contributed by atoms with Gasteiger partial charge >= 0.3 is 5.63 Å². The van der Waals surface area contributed by atoms with Crippen LogP contribution in [0.15, 0.2) is 63.8 Å². The summed E-state index contributed by atoms with van der Waals surface area (Å²) in [6.45, 7) is -0.309. The van der Waals surface area contributed by atoms with Crippen molar-refractivity contribution in [3.05, 3.63) is 82.0 Å². The number of hydrogen-bond donors (Lipinski definition) is 1. The third kappa shape index (κ3) is 3.22. The van der Waals surface area contributed by atoms with Gasteiger partial charge in [0.2, 0.25) is 0 Å². The van der Waals surface area contributed by atoms with E-state index < -0.39 is 23.1 Å². The predicted octanol–water partition coefficient (Wildman–Crippen LogP) is 2.54. The van der Waals surface area contributed by atoms with Gasteiger partial charge < -0.3 is 9.73 Å². The topological polar surface area (TPSA) is 76.4 Å². The van der Waals surface area contributed by atoms with Crippen LogP contribution < -0.4 is 10.9 Å². The minimum Gasteiger partial charge on any atom is -0.422 e. The molecule has 0 atom stereocenters. The molecule has 1 aromatic heterocycles. The zero-order valence-corrected chi connectivity index (χ0v) is 12.4. The average molecular weight is 325 g/mol. The molecule has 0 unspecified atom stereocenters. The maximum atomic E-state index is 12.8. The molecule has 0 bridgehead atoms. The molecule has 5 nitrogen and oxygen atoms in total. The molecule has 6 heteroatoms. The third-order valence-corrected chi connectivity index (χ3v) is 3.46. The van der Waals surface area contributed by atoms with Crippen molar-refractivity contribution in [1.29, 1.82) is 0 Å². The molecular formula is C18H12FNO4. The van der Waals surface area contributed by atoms with Gasteiger partial charge in [-0.25, -0.2) is 9.18 Å². The smallest absolute Gasteiger partial charge is 0.349 e. The molecular weight excluding hydrogens is 313 g/mol. The lowest BCUT2D eigenvalue weighted by Gasteiger charge is -2.05. The highest BCUT2D eigenvalue weighted by Gasteiger charge is 2.15. The van der Waals surface area contributed by atoms with Gasteiger partial charge in [-0.2, -0.15) is 0 Å². The summed E-state index contributed by atoms with van der Waals surface area (Å²) >= 11 is 0. The first kappa shape index (κ1) is 15.6. The maximum absolute atomic E-state index is 12.8. The van der Waals surface area contributed by atoms with Crippen molar-refractivity contribution in [2.75, 3.05) is 6.54 Å². The summed E-state index contributed by atoms with van der Waals surface area (Å²) in [7, 11) is 0. The van der Waals surface area contributed by atoms with Gasteiger partial charge in [0.25, 0.3) is 5.91 Å². The molecule has 1 N–H and O–H groups in total. The fourth-order valence-corrected chi connectivity index (χ4v) is 2.21. The number of amides is 1. The molecule has 24 heavy (non-hydrogen) atoms. The molecule has 0 saturated heterocycles. The molecule has 0 aliphatic heterocycles. The second-order valence-corrected chi connectivity index (χ2v) is 5.10. The van der Waals surface area contributed by atoms with Gasteiger partial charge in [0.15, 0.2) is 5.78 Å². The Morgan fingerprint density at radius 1 is 1.04 bits per heavy atom. The number of carbonyl (C=O) groups is 2. The van der Waals surface area contributed by atoms with Gasteiger partial charge in [-0.3, -0.25) is 9.59 Å². The van der Waals surface area contributed by atoms with Gasteiger partial charge in [0, 0.05) is 10.9 Å². The largest absolute Gasteiger partial charge is 0.422 e. The van der Waals surface area contributed by atoms with E-state index in [1.807, 2.05) is 0 Å². The maximum Gasteiger partial charge on any atom is 0.349 e. The van der Waals surface area contributed by atoms with E-state index in [2.05, 4.69) is 5.32 Å². The Kier molecular flexibility index (Phi) is 4.20. The average Bonchev–Trinajstić information content (AvgIpc) is 2.59. The second kappa shape index (κ2) is 6.45. The molecule has 3 rings (SSSR count). The first-order chi connectivity index (χ1) is 11.5. The zero-order chi connectivity index (χ0) is 17.1. The van der Waals surface area contributed by atoms with Crippen LogP contribution in [0.3, 0.4) is 0 Å². The van der Waals surface area contributed by atoms with Crippen molar-refractivity contribution in [2.45, 2.75) is 0 Å². The molecule has 0 spiro atoms. The number of Topliss-reactive ketones (excluding diaryl/α,β-unsaturated/α-hetero) is 1. The number of para-hydroxylation sites is 1. The third-order valence-electron chi connectivity index (χ3n) is 3.46. The molecule has 1 amide bonds. The van der Waals surface area contributed by atoms with Crippen LogP contribution in [0.1, 0.15) is 20.7 Å². The van der Waals surface area contributed by atoms with Crippen molar-refractivity contribution >= 4 is 22.7 Å². The standard InChI is InChI=1S/C18H12FNO4/c19-13-7-5-11(6-8-13)15(21)10-20-17(22)14-9-12-3-1-2-4-16(12)24-18(14)23/h1-9H,10H2,(H,20,22). The van der Waals surface area contributed by atoms with Crippen LogP contribution in [0.4, 0.5) is 4.39 Å². The van der Waals surface area contributed by atoms with Crippen LogP contribution in [0, 0.1) is 5.82 Å². The molecule has 1 heterocycles. The van der Waals surface area contributed by atoms with Gasteiger partial charge in [-0.1, -0.05) is 18.2 Å². The monoisotopic (exact) mass is 325 g/mol. The van der Waals surface area contributed by atoms with E-state index in [0.29, 0.717) is 11.0 Å². The van der Waals surface area contributed by atoms with E-state index in [-0.39, 0.29) is 17.7 Å². The van der Waals surface area contributed by atoms with Gasteiger partial charge in [0.1, 0.15) is 17.0 Å². The summed E-state index contributed by atoms with van der Waals surface area (Å²) < 4.78 is 17.9. The lowest BCUT2D eigenvalue weighted by Crippen LogP contribution is -2.32. The Balaban J connectivity index is 1.75. The Morgan fingerprint density at radius 2 is 1.75 bits per heavy atom. The van der Waals surface area contributed by atoms with Crippen molar-refractivity contribution in [2.24, 2.45) is 0 Å². The minimum atomic E-state index is -0.777. The van der Waals surface area contributed by atoms with E-state index >= 15 is 0 Å². The van der Waals surface area contributed by atoms with E-state index in [0.717, 1.165) is 12.1 Å². The van der Waals surface area contributed by atoms with Crippen LogP contribution in [-0.2, 0) is 0 Å². The fraction of sp³-hybridized carbons (Fsp3) is 0.0556. The summed E-state index contributed by atoms with van der Waals surface area (Å²) in [6.07, 6.45) is 0. The Labute approximate surface area is 135 Å². The number of rotatable bonds is 4. The van der Waals surface area contributed by atoms with E-state index in [1.54, 1.807) is 24.3 Å². The number of carbonyl (C=O) groups excluding carboxylic acids is 2. The lowest BCUT2D eigenvalue weighted by molar-refractivity contribution is 0.0901. The molecule has 2 aromatic carbocycles. The number of benzene rings is 2. The highest BCUT2D eigenvalue weighted by atomic mass is 19.1. The van der Waals surface area contributed by atoms with Crippen molar-refractivity contribution in [3.63, 3.8) is 0 Å². The summed E-state index contributed by atoms with van der Waals surface area (Å²) in [5, 5.41) is 2.98. The lowest BCUT2D eigenvalue weighted by atomic mass is 10.1. The highest BCUT2D eigenvalue weighted by molar-refractivity contribution is 6.02. The minimum absolute atomic E-state index is 0.180. The molecule has 3 aromatic rings. The van der Waals surface area contributed by atoms with Crippen LogP contribution in [0.2, 0.25) is 0 Å². The molecule has 120 valence electrons. The number of nitrogens with one attached hydrogen (secondary N) is 1. The van der Waals surface area contributed by atoms with Crippen molar-refractivity contribution in [1.82, 2.24) is 5.32 Å². The quantitative estimate of drug-likeness (QED) is 0.591. The normalized spacial score (nSPS) is 10.5. The SMILES string of the molecule is O=C(CNC(=O)c1cc2ccccc2oc1=O)c1ccc(F)cc1. The van der Waals surface area contributed by atoms with Crippen LogP contribution in [0.5, 0.6) is 0 Å². The molecule has 0 aliphatic rings. The predicted molar refractivity (Wildman–Crippen MR) is 85.5 cm³/mol. The first-order valence-electron chi connectivity index (χ1n) is 7.14. The number of ketones is 1. The zero-order valence-electron chi connectivity index (χ0n) is 12.4. The van der Waals surface area contributed by atoms with Crippen LogP contribution in [-0.4, -0.2) is 18.2 Å². The number of halogens is 1. The van der Waals surface area contributed by atoms with Gasteiger partial charge in [-0.05, 0) is 36.4 Å². The first-order valence-corrected chi connectivity index (χ1v) is 7.14. The van der Waals surface area contributed by atoms with Crippen molar-refractivity contribution < 1.29 is 18.4 Å². The number of fused-ring (bicyclic) bond motifs is 1. The Hall–Kier alpha value is -3.28. The van der Waals surface area contributed by atoms with E-state index in [9.17, 15) is 18.8 Å². The summed E-state index contributed by atoms with van der Waals surface area (Å²) in [5.41, 5.74) is -0.315. The van der Waals surface area contributed by atoms with Crippen LogP contribution in [0.25, 0.3) is 11.0 Å². The summed E-state index contributed by atoms with van der Waals surface area (Å²) in [4.78, 5) is 35.9. The molecule has 0 saturated carbocycles. The van der Waals surface area contributed by atoms with E-state index in [4.69, 9.17) is 4.42 Å². The van der Waals surface area contributed by atoms with Crippen LogP contribution >= 0.6 is 0 Å². The molecule has 0 fully saturated rings. The van der Waals surface area contributed by atoms with E-state index in [1.165, 1.54) is 18.2 Å². The molecule has 0 radical (unpaired) electrons. The summed E-state index contributed by atoms with van der Waals surface area (Å²) in [6, 6.07) is 13.2. The van der Waals surface area contributed by atoms with Crippen molar-refractivity contribution in [3.8, 4) is 0 Å². The highest BCUT2D eigenvalue weighted by Crippen LogP contribution is 2.12. The second-order valence-electron chi connectivity index (χ2n) is 5.10.